The van der Waals surface area contributed by atoms with E-state index in [1.807, 2.05) is 0 Å². The summed E-state index contributed by atoms with van der Waals surface area (Å²) in [5.41, 5.74) is 6.47. The summed E-state index contributed by atoms with van der Waals surface area (Å²) in [6.45, 7) is 0.134. The third-order valence-electron chi connectivity index (χ3n) is 2.87. The molecule has 0 amide bonds. The monoisotopic (exact) mass is 310 g/mol. The lowest BCUT2D eigenvalue weighted by molar-refractivity contribution is -0.384. The van der Waals surface area contributed by atoms with Crippen molar-refractivity contribution in [2.24, 2.45) is 5.73 Å². The molecule has 7 heteroatoms. The highest BCUT2D eigenvalue weighted by atomic mass is 35.5. The molecule has 110 valence electrons. The lowest BCUT2D eigenvalue weighted by Gasteiger charge is -2.11. The van der Waals surface area contributed by atoms with E-state index in [-0.39, 0.29) is 18.8 Å². The van der Waals surface area contributed by atoms with Crippen LogP contribution in [0.2, 0.25) is 5.02 Å². The fourth-order valence-corrected chi connectivity index (χ4v) is 1.96. The van der Waals surface area contributed by atoms with E-state index in [4.69, 9.17) is 22.1 Å². The molecule has 0 aliphatic heterocycles. The van der Waals surface area contributed by atoms with Gasteiger partial charge in [0.15, 0.2) is 0 Å². The maximum Gasteiger partial charge on any atom is 0.270 e. The fraction of sp³-hybridized carbons (Fsp3) is 0.143. The topological polar surface area (TPSA) is 78.4 Å². The van der Waals surface area contributed by atoms with Crippen molar-refractivity contribution in [1.29, 1.82) is 0 Å². The van der Waals surface area contributed by atoms with E-state index in [9.17, 15) is 14.5 Å². The summed E-state index contributed by atoms with van der Waals surface area (Å²) in [6.07, 6.45) is 0. The van der Waals surface area contributed by atoms with Crippen LogP contribution in [0.25, 0.3) is 0 Å². The van der Waals surface area contributed by atoms with Crippen LogP contribution >= 0.6 is 11.6 Å². The number of nitrogens with zero attached hydrogens (tertiary/aromatic N) is 1. The highest BCUT2D eigenvalue weighted by Crippen LogP contribution is 2.26. The first-order valence-electron chi connectivity index (χ1n) is 6.05. The van der Waals surface area contributed by atoms with Crippen LogP contribution in [0.5, 0.6) is 5.75 Å². The van der Waals surface area contributed by atoms with Gasteiger partial charge in [-0.15, -0.1) is 0 Å². The average molecular weight is 311 g/mol. The molecule has 0 heterocycles. The standard InChI is InChI=1S/C14H12ClFN2O3/c15-13-3-1-11(16)5-10(13)8-21-14-4-2-12(18(19)20)6-9(14)7-17/h1-6H,7-8,17H2. The average Bonchev–Trinajstić information content (AvgIpc) is 2.47. The molecule has 0 fully saturated rings. The molecule has 21 heavy (non-hydrogen) atoms. The summed E-state index contributed by atoms with van der Waals surface area (Å²) in [4.78, 5) is 10.2. The van der Waals surface area contributed by atoms with Crippen molar-refractivity contribution in [3.63, 3.8) is 0 Å². The maximum absolute atomic E-state index is 13.2. The van der Waals surface area contributed by atoms with Crippen molar-refractivity contribution < 1.29 is 14.1 Å². The third kappa shape index (κ3) is 3.68. The van der Waals surface area contributed by atoms with Gasteiger partial charge in [-0.1, -0.05) is 11.6 Å². The van der Waals surface area contributed by atoms with Crippen molar-refractivity contribution in [2.75, 3.05) is 0 Å². The van der Waals surface area contributed by atoms with Crippen LogP contribution in [0.15, 0.2) is 36.4 Å². The van der Waals surface area contributed by atoms with Gasteiger partial charge in [-0.3, -0.25) is 10.1 Å². The second-order valence-corrected chi connectivity index (χ2v) is 4.68. The summed E-state index contributed by atoms with van der Waals surface area (Å²) < 4.78 is 18.7. The van der Waals surface area contributed by atoms with Crippen molar-refractivity contribution in [2.45, 2.75) is 13.2 Å². The first kappa shape index (κ1) is 15.2. The quantitative estimate of drug-likeness (QED) is 0.678. The largest absolute Gasteiger partial charge is 0.489 e. The molecule has 2 rings (SSSR count). The maximum atomic E-state index is 13.2. The van der Waals surface area contributed by atoms with E-state index in [1.165, 1.54) is 36.4 Å². The summed E-state index contributed by atoms with van der Waals surface area (Å²) >= 11 is 5.94. The number of nitrogens with two attached hydrogens (primary N) is 1. The number of ether oxygens (including phenoxy) is 1. The molecule has 0 aliphatic rings. The Morgan fingerprint density at radius 3 is 2.67 bits per heavy atom. The molecule has 0 aromatic heterocycles. The molecule has 2 aromatic carbocycles. The van der Waals surface area contributed by atoms with Crippen LogP contribution in [0.4, 0.5) is 10.1 Å². The second-order valence-electron chi connectivity index (χ2n) is 4.28. The smallest absolute Gasteiger partial charge is 0.270 e. The normalized spacial score (nSPS) is 10.4. The highest BCUT2D eigenvalue weighted by Gasteiger charge is 2.11. The minimum atomic E-state index is -0.508. The van der Waals surface area contributed by atoms with Gasteiger partial charge in [-0.2, -0.15) is 0 Å². The van der Waals surface area contributed by atoms with Crippen LogP contribution in [0.1, 0.15) is 11.1 Å². The van der Waals surface area contributed by atoms with E-state index in [0.29, 0.717) is 21.9 Å². The predicted octanol–water partition coefficient (Wildman–Crippen LogP) is 3.43. The van der Waals surface area contributed by atoms with Gasteiger partial charge < -0.3 is 10.5 Å². The number of hydrogen-bond acceptors (Lipinski definition) is 4. The Balaban J connectivity index is 2.19. The van der Waals surface area contributed by atoms with Gasteiger partial charge in [0.25, 0.3) is 5.69 Å². The molecule has 0 radical (unpaired) electrons. The predicted molar refractivity (Wildman–Crippen MR) is 76.7 cm³/mol. The lowest BCUT2D eigenvalue weighted by atomic mass is 10.1. The Labute approximate surface area is 125 Å². The lowest BCUT2D eigenvalue weighted by Crippen LogP contribution is -2.04. The zero-order valence-corrected chi connectivity index (χ0v) is 11.6. The molecule has 2 N–H and O–H groups in total. The number of nitro benzene ring substituents is 1. The number of rotatable bonds is 5. The number of hydrogen-bond donors (Lipinski definition) is 1. The Morgan fingerprint density at radius 2 is 2.00 bits per heavy atom. The zero-order valence-electron chi connectivity index (χ0n) is 10.9. The molecule has 0 bridgehead atoms. The molecule has 0 saturated heterocycles. The molecule has 0 spiro atoms. The number of nitro groups is 1. The van der Waals surface area contributed by atoms with Crippen molar-refractivity contribution in [3.05, 3.63) is 68.5 Å². The first-order valence-corrected chi connectivity index (χ1v) is 6.43. The van der Waals surface area contributed by atoms with E-state index in [0.717, 1.165) is 0 Å². The van der Waals surface area contributed by atoms with Gasteiger partial charge in [0, 0.05) is 34.8 Å². The summed E-state index contributed by atoms with van der Waals surface area (Å²) in [6, 6.07) is 8.10. The van der Waals surface area contributed by atoms with Gasteiger partial charge in [0.2, 0.25) is 0 Å². The Kier molecular flexibility index (Phi) is 4.72. The second kappa shape index (κ2) is 6.51. The van der Waals surface area contributed by atoms with E-state index in [1.54, 1.807) is 0 Å². The summed E-state index contributed by atoms with van der Waals surface area (Å²) in [7, 11) is 0. The SMILES string of the molecule is NCc1cc([N+](=O)[O-])ccc1OCc1cc(F)ccc1Cl. The molecule has 2 aromatic rings. The first-order chi connectivity index (χ1) is 10.0. The van der Waals surface area contributed by atoms with E-state index < -0.39 is 10.7 Å². The molecule has 0 aliphatic carbocycles. The Hall–Kier alpha value is -2.18. The summed E-state index contributed by atoms with van der Waals surface area (Å²) in [5, 5.41) is 11.1. The highest BCUT2D eigenvalue weighted by molar-refractivity contribution is 6.31. The zero-order chi connectivity index (χ0) is 15.4. The minimum absolute atomic E-state index is 0.0431. The molecular formula is C14H12ClFN2O3. The van der Waals surface area contributed by atoms with E-state index in [2.05, 4.69) is 0 Å². The molecular weight excluding hydrogens is 299 g/mol. The van der Waals surface area contributed by atoms with Gasteiger partial charge in [0.05, 0.1) is 4.92 Å². The van der Waals surface area contributed by atoms with Gasteiger partial charge in [-0.05, 0) is 24.3 Å². The van der Waals surface area contributed by atoms with Crippen LogP contribution < -0.4 is 10.5 Å². The van der Waals surface area contributed by atoms with Crippen molar-refractivity contribution in [1.82, 2.24) is 0 Å². The van der Waals surface area contributed by atoms with Gasteiger partial charge >= 0.3 is 0 Å². The van der Waals surface area contributed by atoms with Crippen LogP contribution in [0, 0.1) is 15.9 Å². The van der Waals surface area contributed by atoms with Gasteiger partial charge in [0.1, 0.15) is 18.2 Å². The Bertz CT molecular complexity index is 679. The van der Waals surface area contributed by atoms with Crippen molar-refractivity contribution in [3.8, 4) is 5.75 Å². The number of benzene rings is 2. The molecule has 0 unspecified atom stereocenters. The molecule has 0 saturated carbocycles. The number of non-ortho nitro benzene ring substituents is 1. The van der Waals surface area contributed by atoms with Crippen LogP contribution in [0.3, 0.4) is 0 Å². The third-order valence-corrected chi connectivity index (χ3v) is 3.23. The number of halogens is 2. The molecule has 5 nitrogen and oxygen atoms in total. The van der Waals surface area contributed by atoms with Crippen molar-refractivity contribution >= 4 is 17.3 Å². The van der Waals surface area contributed by atoms with Crippen LogP contribution in [-0.2, 0) is 13.2 Å². The fourth-order valence-electron chi connectivity index (χ4n) is 1.79. The Morgan fingerprint density at radius 1 is 1.24 bits per heavy atom. The van der Waals surface area contributed by atoms with Crippen LogP contribution in [-0.4, -0.2) is 4.92 Å². The minimum Gasteiger partial charge on any atom is -0.489 e. The van der Waals surface area contributed by atoms with E-state index >= 15 is 0 Å². The molecule has 0 atom stereocenters. The van der Waals surface area contributed by atoms with Gasteiger partial charge in [-0.25, -0.2) is 4.39 Å². The summed E-state index contributed by atoms with van der Waals surface area (Å²) in [5.74, 6) is -0.0100.